The van der Waals surface area contributed by atoms with E-state index in [1.807, 2.05) is 55.6 Å². The Balaban J connectivity index is 2.06. The zero-order valence-corrected chi connectivity index (χ0v) is 12.6. The molecule has 0 amide bonds. The van der Waals surface area contributed by atoms with E-state index in [9.17, 15) is 4.39 Å². The van der Waals surface area contributed by atoms with Gasteiger partial charge in [-0.1, -0.05) is 24.3 Å². The summed E-state index contributed by atoms with van der Waals surface area (Å²) in [5.41, 5.74) is 5.08. The molecule has 0 spiro atoms. The van der Waals surface area contributed by atoms with Gasteiger partial charge < -0.3 is 0 Å². The van der Waals surface area contributed by atoms with Gasteiger partial charge in [-0.3, -0.25) is 4.98 Å². The second kappa shape index (κ2) is 5.32. The minimum Gasteiger partial charge on any atom is -0.251 e. The number of hydrogen-bond donors (Lipinski definition) is 0. The lowest BCUT2D eigenvalue weighted by Gasteiger charge is -2.04. The molecule has 0 aliphatic rings. The van der Waals surface area contributed by atoms with E-state index in [1.165, 1.54) is 12.1 Å². The third-order valence-corrected chi connectivity index (χ3v) is 3.78. The van der Waals surface area contributed by atoms with Gasteiger partial charge in [-0.2, -0.15) is 5.10 Å². The van der Waals surface area contributed by atoms with E-state index in [1.54, 1.807) is 10.6 Å². The summed E-state index contributed by atoms with van der Waals surface area (Å²) in [6.45, 7) is 1.95. The lowest BCUT2D eigenvalue weighted by atomic mass is 10.0. The standard InChI is InChI=1S/C19H14FN3/c1-13-6-4-9-16(21-13)19-18(14-7-5-8-15(20)12-14)17-10-2-3-11-23(17)22-19/h2-12H,1H3. The minimum absolute atomic E-state index is 0.263. The molecule has 23 heavy (non-hydrogen) atoms. The summed E-state index contributed by atoms with van der Waals surface area (Å²) in [6.07, 6.45) is 1.89. The Hall–Kier alpha value is -3.01. The van der Waals surface area contributed by atoms with Gasteiger partial charge in [-0.25, -0.2) is 8.91 Å². The van der Waals surface area contributed by atoms with Gasteiger partial charge in [0.15, 0.2) is 0 Å². The highest BCUT2D eigenvalue weighted by molar-refractivity contribution is 5.91. The van der Waals surface area contributed by atoms with Crippen molar-refractivity contribution < 1.29 is 4.39 Å². The largest absolute Gasteiger partial charge is 0.251 e. The third-order valence-electron chi connectivity index (χ3n) is 3.78. The van der Waals surface area contributed by atoms with Crippen LogP contribution >= 0.6 is 0 Å². The lowest BCUT2D eigenvalue weighted by molar-refractivity contribution is 0.628. The molecule has 0 aliphatic heterocycles. The zero-order valence-electron chi connectivity index (χ0n) is 12.6. The maximum Gasteiger partial charge on any atom is 0.123 e. The number of aromatic nitrogens is 3. The summed E-state index contributed by atoms with van der Waals surface area (Å²) in [6, 6.07) is 18.3. The van der Waals surface area contributed by atoms with Crippen LogP contribution in [0.2, 0.25) is 0 Å². The molecular weight excluding hydrogens is 289 g/mol. The van der Waals surface area contributed by atoms with Crippen molar-refractivity contribution in [3.63, 3.8) is 0 Å². The molecule has 0 fully saturated rings. The SMILES string of the molecule is Cc1cccc(-c2nn3ccccc3c2-c2cccc(F)c2)n1. The van der Waals surface area contributed by atoms with Crippen LogP contribution in [-0.2, 0) is 0 Å². The predicted octanol–water partition coefficient (Wildman–Crippen LogP) is 4.51. The number of fused-ring (bicyclic) bond motifs is 1. The van der Waals surface area contributed by atoms with Crippen molar-refractivity contribution >= 4 is 5.52 Å². The first-order chi connectivity index (χ1) is 11.2. The molecule has 0 aliphatic carbocycles. The van der Waals surface area contributed by atoms with Crippen molar-refractivity contribution in [1.82, 2.24) is 14.6 Å². The fraction of sp³-hybridized carbons (Fsp3) is 0.0526. The fourth-order valence-corrected chi connectivity index (χ4v) is 2.78. The minimum atomic E-state index is -0.263. The highest BCUT2D eigenvalue weighted by Crippen LogP contribution is 2.34. The Morgan fingerprint density at radius 3 is 2.65 bits per heavy atom. The summed E-state index contributed by atoms with van der Waals surface area (Å²) in [4.78, 5) is 4.58. The predicted molar refractivity (Wildman–Crippen MR) is 88.6 cm³/mol. The Morgan fingerprint density at radius 2 is 1.83 bits per heavy atom. The summed E-state index contributed by atoms with van der Waals surface area (Å²) in [7, 11) is 0. The van der Waals surface area contributed by atoms with Gasteiger partial charge >= 0.3 is 0 Å². The van der Waals surface area contributed by atoms with Crippen LogP contribution in [0.4, 0.5) is 4.39 Å². The van der Waals surface area contributed by atoms with Crippen molar-refractivity contribution in [1.29, 1.82) is 0 Å². The quantitative estimate of drug-likeness (QED) is 0.545. The van der Waals surface area contributed by atoms with Crippen molar-refractivity contribution in [3.05, 3.63) is 78.4 Å². The maximum absolute atomic E-state index is 13.7. The molecule has 1 aromatic carbocycles. The third kappa shape index (κ3) is 2.38. The number of halogens is 1. The molecule has 0 N–H and O–H groups in total. The van der Waals surface area contributed by atoms with Gasteiger partial charge in [0.2, 0.25) is 0 Å². The summed E-state index contributed by atoms with van der Waals surface area (Å²) < 4.78 is 15.5. The van der Waals surface area contributed by atoms with Crippen LogP contribution in [0.1, 0.15) is 5.69 Å². The molecule has 0 unspecified atom stereocenters. The normalized spacial score (nSPS) is 11.0. The summed E-state index contributed by atoms with van der Waals surface area (Å²) >= 11 is 0. The van der Waals surface area contributed by atoms with Crippen LogP contribution in [0.5, 0.6) is 0 Å². The highest BCUT2D eigenvalue weighted by atomic mass is 19.1. The number of rotatable bonds is 2. The van der Waals surface area contributed by atoms with Crippen LogP contribution in [0.3, 0.4) is 0 Å². The summed E-state index contributed by atoms with van der Waals surface area (Å²) in [5.74, 6) is -0.263. The topological polar surface area (TPSA) is 30.2 Å². The second-order valence-corrected chi connectivity index (χ2v) is 5.43. The Kier molecular flexibility index (Phi) is 3.15. The lowest BCUT2D eigenvalue weighted by Crippen LogP contribution is -1.89. The first-order valence-electron chi connectivity index (χ1n) is 7.40. The molecule has 3 heterocycles. The van der Waals surface area contributed by atoms with Crippen LogP contribution in [0.15, 0.2) is 66.9 Å². The zero-order chi connectivity index (χ0) is 15.8. The highest BCUT2D eigenvalue weighted by Gasteiger charge is 2.17. The Labute approximate surface area is 133 Å². The smallest absolute Gasteiger partial charge is 0.123 e. The van der Waals surface area contributed by atoms with Gasteiger partial charge in [0, 0.05) is 17.5 Å². The van der Waals surface area contributed by atoms with Crippen LogP contribution in [0.25, 0.3) is 28.0 Å². The first-order valence-corrected chi connectivity index (χ1v) is 7.40. The van der Waals surface area contributed by atoms with E-state index in [0.29, 0.717) is 0 Å². The number of hydrogen-bond acceptors (Lipinski definition) is 2. The van der Waals surface area contributed by atoms with E-state index in [0.717, 1.165) is 33.7 Å². The van der Waals surface area contributed by atoms with Gasteiger partial charge in [0.05, 0.1) is 11.2 Å². The van der Waals surface area contributed by atoms with E-state index in [-0.39, 0.29) is 5.82 Å². The molecule has 112 valence electrons. The fourth-order valence-electron chi connectivity index (χ4n) is 2.78. The van der Waals surface area contributed by atoms with Gasteiger partial charge in [0.1, 0.15) is 11.5 Å². The average Bonchev–Trinajstić information content (AvgIpc) is 2.94. The molecule has 4 rings (SSSR count). The van der Waals surface area contributed by atoms with Crippen LogP contribution < -0.4 is 0 Å². The second-order valence-electron chi connectivity index (χ2n) is 5.43. The molecule has 3 aromatic heterocycles. The molecular formula is C19H14FN3. The average molecular weight is 303 g/mol. The van der Waals surface area contributed by atoms with Gasteiger partial charge in [0.25, 0.3) is 0 Å². The van der Waals surface area contributed by atoms with Crippen LogP contribution in [-0.4, -0.2) is 14.6 Å². The van der Waals surface area contributed by atoms with E-state index in [2.05, 4.69) is 10.1 Å². The molecule has 3 nitrogen and oxygen atoms in total. The molecule has 4 aromatic rings. The number of nitrogens with zero attached hydrogens (tertiary/aromatic N) is 3. The van der Waals surface area contributed by atoms with Crippen LogP contribution in [0, 0.1) is 12.7 Å². The van der Waals surface area contributed by atoms with Crippen molar-refractivity contribution in [2.75, 3.05) is 0 Å². The van der Waals surface area contributed by atoms with Crippen molar-refractivity contribution in [2.24, 2.45) is 0 Å². The molecule has 0 radical (unpaired) electrons. The monoisotopic (exact) mass is 303 g/mol. The summed E-state index contributed by atoms with van der Waals surface area (Å²) in [5, 5.41) is 4.66. The van der Waals surface area contributed by atoms with Gasteiger partial charge in [-0.15, -0.1) is 0 Å². The number of pyridine rings is 2. The van der Waals surface area contributed by atoms with E-state index >= 15 is 0 Å². The van der Waals surface area contributed by atoms with E-state index in [4.69, 9.17) is 0 Å². The van der Waals surface area contributed by atoms with Gasteiger partial charge in [-0.05, 0) is 48.9 Å². The number of benzene rings is 1. The van der Waals surface area contributed by atoms with Crippen molar-refractivity contribution in [3.8, 4) is 22.5 Å². The first kappa shape index (κ1) is 13.6. The Bertz CT molecular complexity index is 1000. The molecule has 0 saturated carbocycles. The molecule has 0 atom stereocenters. The molecule has 0 saturated heterocycles. The maximum atomic E-state index is 13.7. The van der Waals surface area contributed by atoms with E-state index < -0.39 is 0 Å². The molecule has 0 bridgehead atoms. The van der Waals surface area contributed by atoms with Crippen molar-refractivity contribution in [2.45, 2.75) is 6.92 Å². The Morgan fingerprint density at radius 1 is 0.957 bits per heavy atom. The number of aryl methyl sites for hydroxylation is 1. The molecule has 4 heteroatoms.